The first-order valence-electron chi connectivity index (χ1n) is 14.6. The Morgan fingerprint density at radius 1 is 0.978 bits per heavy atom. The van der Waals surface area contributed by atoms with Crippen LogP contribution in [0.15, 0.2) is 82.6 Å². The molecule has 0 heterocycles. The molecule has 1 atom stereocenters. The van der Waals surface area contributed by atoms with Gasteiger partial charge in [0.1, 0.15) is 24.8 Å². The summed E-state index contributed by atoms with van der Waals surface area (Å²) in [7, 11) is -2.88. The van der Waals surface area contributed by atoms with Crippen LogP contribution in [0, 0.1) is 0 Å². The van der Waals surface area contributed by atoms with E-state index in [0.717, 1.165) is 26.7 Å². The Hall–Kier alpha value is -2.56. The van der Waals surface area contributed by atoms with Crippen molar-refractivity contribution in [3.8, 4) is 5.75 Å². The van der Waals surface area contributed by atoms with E-state index in [1.54, 1.807) is 32.5 Å². The number of carbonyl (C=O) groups is 1. The molecule has 0 fully saturated rings. The standard InChI is InChI=1S/C33H43ClNO8PS/c1-32(2,3)43-31(36)35-33(23-41-24-40-4,18-19-44(37,38)39)17-9-12-26-15-16-29(21-30(26)34)45-28-14-8-13-27(20-28)42-22-25-10-6-5-7-11-25/h5-8,10-11,13-16,20-21H,9,12,17-19,22-24H2,1-4H3,(H,35,36)(H2,37,38,39). The van der Waals surface area contributed by atoms with Gasteiger partial charge in [0.05, 0.1) is 18.3 Å². The van der Waals surface area contributed by atoms with Crippen LogP contribution in [-0.2, 0) is 31.8 Å². The molecule has 9 nitrogen and oxygen atoms in total. The second-order valence-corrected chi connectivity index (χ2v) is 15.1. The largest absolute Gasteiger partial charge is 0.489 e. The van der Waals surface area contributed by atoms with Crippen molar-refractivity contribution in [3.05, 3.63) is 88.9 Å². The van der Waals surface area contributed by atoms with E-state index in [1.807, 2.05) is 72.8 Å². The molecule has 0 aliphatic rings. The van der Waals surface area contributed by atoms with E-state index in [2.05, 4.69) is 5.32 Å². The molecule has 45 heavy (non-hydrogen) atoms. The maximum Gasteiger partial charge on any atom is 0.408 e. The number of methoxy groups -OCH3 is 1. The summed E-state index contributed by atoms with van der Waals surface area (Å²) in [5.41, 5.74) is 0.161. The number of benzene rings is 3. The normalized spacial score (nSPS) is 13.2. The van der Waals surface area contributed by atoms with Gasteiger partial charge in [0.15, 0.2) is 0 Å². The van der Waals surface area contributed by atoms with Gasteiger partial charge in [-0.1, -0.05) is 65.8 Å². The summed E-state index contributed by atoms with van der Waals surface area (Å²) in [6, 6.07) is 23.8. The number of ether oxygens (including phenoxy) is 4. The molecule has 0 saturated carbocycles. The topological polar surface area (TPSA) is 124 Å². The zero-order valence-electron chi connectivity index (χ0n) is 26.2. The van der Waals surface area contributed by atoms with Crippen LogP contribution in [0.25, 0.3) is 0 Å². The van der Waals surface area contributed by atoms with Crippen LogP contribution in [0.5, 0.6) is 5.75 Å². The number of rotatable bonds is 17. The fourth-order valence-electron chi connectivity index (χ4n) is 4.55. The van der Waals surface area contributed by atoms with Crippen LogP contribution in [0.3, 0.4) is 0 Å². The number of amides is 1. The van der Waals surface area contributed by atoms with Crippen molar-refractivity contribution in [2.75, 3.05) is 26.7 Å². The molecule has 1 amide bonds. The number of carbonyl (C=O) groups excluding carboxylic acids is 1. The van der Waals surface area contributed by atoms with Crippen molar-refractivity contribution < 1.29 is 38.1 Å². The molecule has 3 aromatic carbocycles. The number of aryl methyl sites for hydroxylation is 1. The zero-order chi connectivity index (χ0) is 32.9. The smallest absolute Gasteiger partial charge is 0.408 e. The van der Waals surface area contributed by atoms with Crippen molar-refractivity contribution in [1.29, 1.82) is 0 Å². The molecule has 246 valence electrons. The van der Waals surface area contributed by atoms with E-state index in [0.29, 0.717) is 30.9 Å². The molecular formula is C33H43ClNO8PS. The van der Waals surface area contributed by atoms with Gasteiger partial charge >= 0.3 is 13.7 Å². The third-order valence-electron chi connectivity index (χ3n) is 6.64. The maximum atomic E-state index is 12.8. The predicted octanol–water partition coefficient (Wildman–Crippen LogP) is 7.84. The molecule has 1 unspecified atom stereocenters. The maximum absolute atomic E-state index is 12.8. The molecule has 3 N–H and O–H groups in total. The summed E-state index contributed by atoms with van der Waals surface area (Å²) in [6.07, 6.45) is 0.355. The number of hydrogen-bond acceptors (Lipinski definition) is 7. The number of nitrogens with one attached hydrogen (secondary N) is 1. The van der Waals surface area contributed by atoms with E-state index in [1.165, 1.54) is 7.11 Å². The highest BCUT2D eigenvalue weighted by atomic mass is 35.5. The van der Waals surface area contributed by atoms with Gasteiger partial charge in [-0.2, -0.15) is 0 Å². The van der Waals surface area contributed by atoms with Crippen molar-refractivity contribution in [2.45, 2.75) is 74.0 Å². The fraction of sp³-hybridized carbons (Fsp3) is 0.424. The molecule has 0 saturated heterocycles. The van der Waals surface area contributed by atoms with Gasteiger partial charge in [-0.3, -0.25) is 4.57 Å². The molecule has 3 aromatic rings. The van der Waals surface area contributed by atoms with Crippen LogP contribution in [0.4, 0.5) is 4.79 Å². The lowest BCUT2D eigenvalue weighted by molar-refractivity contribution is -0.0570. The highest BCUT2D eigenvalue weighted by Crippen LogP contribution is 2.38. The lowest BCUT2D eigenvalue weighted by atomic mass is 9.89. The van der Waals surface area contributed by atoms with Gasteiger partial charge in [0.25, 0.3) is 0 Å². The van der Waals surface area contributed by atoms with Gasteiger partial charge in [-0.05, 0) is 87.9 Å². The summed E-state index contributed by atoms with van der Waals surface area (Å²) in [5.74, 6) is 0.781. The van der Waals surface area contributed by atoms with E-state index < -0.39 is 31.0 Å². The zero-order valence-corrected chi connectivity index (χ0v) is 28.6. The SMILES string of the molecule is COCOCC(CCCc1ccc(Sc2cccc(OCc3ccccc3)c2)cc1Cl)(CCP(=O)(O)O)NC(=O)OC(C)(C)C. The van der Waals surface area contributed by atoms with Crippen LogP contribution < -0.4 is 10.1 Å². The van der Waals surface area contributed by atoms with E-state index in [-0.39, 0.29) is 19.8 Å². The average molecular weight is 680 g/mol. The summed E-state index contributed by atoms with van der Waals surface area (Å²) in [5, 5.41) is 3.45. The first-order chi connectivity index (χ1) is 21.3. The summed E-state index contributed by atoms with van der Waals surface area (Å²) in [6.45, 7) is 5.66. The number of halogens is 1. The molecule has 12 heteroatoms. The van der Waals surface area contributed by atoms with E-state index in [9.17, 15) is 19.1 Å². The highest BCUT2D eigenvalue weighted by Gasteiger charge is 2.36. The predicted molar refractivity (Wildman–Crippen MR) is 177 cm³/mol. The van der Waals surface area contributed by atoms with Crippen molar-refractivity contribution in [2.24, 2.45) is 0 Å². The highest BCUT2D eigenvalue weighted by molar-refractivity contribution is 7.99. The molecule has 3 rings (SSSR count). The average Bonchev–Trinajstić information content (AvgIpc) is 2.96. The Labute approximate surface area is 275 Å². The molecule has 0 aromatic heterocycles. The molecule has 0 aliphatic carbocycles. The monoisotopic (exact) mass is 679 g/mol. The third-order valence-corrected chi connectivity index (χ3v) is 8.78. The number of alkyl carbamates (subject to hydrolysis) is 1. The van der Waals surface area contributed by atoms with Crippen LogP contribution in [0.1, 0.15) is 51.2 Å². The second kappa shape index (κ2) is 17.4. The first kappa shape index (κ1) is 36.9. The van der Waals surface area contributed by atoms with E-state index in [4.69, 9.17) is 30.5 Å². The minimum absolute atomic E-state index is 0.0162. The van der Waals surface area contributed by atoms with Crippen LogP contribution in [-0.4, -0.2) is 53.7 Å². The minimum Gasteiger partial charge on any atom is -0.489 e. The summed E-state index contributed by atoms with van der Waals surface area (Å²) >= 11 is 8.28. The van der Waals surface area contributed by atoms with E-state index >= 15 is 0 Å². The first-order valence-corrected chi connectivity index (χ1v) is 17.6. The van der Waals surface area contributed by atoms with Gasteiger partial charge in [0.2, 0.25) is 0 Å². The quantitative estimate of drug-likeness (QED) is 0.0744. The Kier molecular flexibility index (Phi) is 14.3. The van der Waals surface area contributed by atoms with Crippen LogP contribution >= 0.6 is 31.0 Å². The van der Waals surface area contributed by atoms with Gasteiger partial charge < -0.3 is 34.1 Å². The fourth-order valence-corrected chi connectivity index (χ4v) is 6.51. The lowest BCUT2D eigenvalue weighted by Gasteiger charge is -2.35. The van der Waals surface area contributed by atoms with Gasteiger partial charge in [0, 0.05) is 21.9 Å². The Bertz CT molecular complexity index is 1420. The number of hydrogen-bond donors (Lipinski definition) is 3. The van der Waals surface area contributed by atoms with Crippen LogP contribution in [0.2, 0.25) is 5.02 Å². The molecule has 0 radical (unpaired) electrons. The minimum atomic E-state index is -4.35. The summed E-state index contributed by atoms with van der Waals surface area (Å²) in [4.78, 5) is 34.0. The summed E-state index contributed by atoms with van der Waals surface area (Å²) < 4.78 is 33.8. The molecular weight excluding hydrogens is 637 g/mol. The van der Waals surface area contributed by atoms with Gasteiger partial charge in [-0.15, -0.1) is 0 Å². The van der Waals surface area contributed by atoms with Crippen molar-refractivity contribution in [3.63, 3.8) is 0 Å². The Balaban J connectivity index is 1.67. The van der Waals surface area contributed by atoms with Crippen molar-refractivity contribution >= 4 is 37.1 Å². The van der Waals surface area contributed by atoms with Gasteiger partial charge in [-0.25, -0.2) is 4.79 Å². The molecule has 0 aliphatic heterocycles. The molecule has 0 spiro atoms. The third kappa shape index (κ3) is 14.2. The lowest BCUT2D eigenvalue weighted by Crippen LogP contribution is -2.54. The van der Waals surface area contributed by atoms with Crippen molar-refractivity contribution in [1.82, 2.24) is 5.32 Å². The Morgan fingerprint density at radius 3 is 2.38 bits per heavy atom. The second-order valence-electron chi connectivity index (χ2n) is 11.8. The molecule has 0 bridgehead atoms. The Morgan fingerprint density at radius 2 is 1.71 bits per heavy atom.